The van der Waals surface area contributed by atoms with Crippen LogP contribution < -0.4 is 10.1 Å². The summed E-state index contributed by atoms with van der Waals surface area (Å²) >= 11 is 0. The second kappa shape index (κ2) is 11.7. The van der Waals surface area contributed by atoms with Gasteiger partial charge in [0.15, 0.2) is 0 Å². The molecule has 0 radical (unpaired) electrons. The van der Waals surface area contributed by atoms with E-state index in [2.05, 4.69) is 26.1 Å². The van der Waals surface area contributed by atoms with Crippen LogP contribution in [0.15, 0.2) is 60.7 Å². The van der Waals surface area contributed by atoms with E-state index in [1.807, 2.05) is 67.6 Å². The average molecular weight is 477 g/mol. The maximum atomic E-state index is 13.1. The number of carbonyl (C=O) groups is 2. The van der Waals surface area contributed by atoms with Gasteiger partial charge in [0.25, 0.3) is 0 Å². The highest BCUT2D eigenvalue weighted by Gasteiger charge is 2.23. The number of methoxy groups -OCH3 is 1. The van der Waals surface area contributed by atoms with Crippen LogP contribution in [-0.4, -0.2) is 46.7 Å². The topological polar surface area (TPSA) is 76.5 Å². The van der Waals surface area contributed by atoms with Crippen molar-refractivity contribution in [1.82, 2.24) is 14.7 Å². The van der Waals surface area contributed by atoms with E-state index in [1.165, 1.54) is 0 Å². The van der Waals surface area contributed by atoms with E-state index in [-0.39, 0.29) is 23.8 Å². The SMILES string of the molecule is CCCN(CC(=O)Nc1cc(C(C)(C)C)nn1-c1ccc(OC)cc1)C(=O)CCc1ccccc1. The Labute approximate surface area is 208 Å². The van der Waals surface area contributed by atoms with Gasteiger partial charge >= 0.3 is 0 Å². The van der Waals surface area contributed by atoms with Crippen molar-refractivity contribution in [2.45, 2.75) is 52.4 Å². The molecule has 0 saturated carbocycles. The van der Waals surface area contributed by atoms with Crippen molar-refractivity contribution in [2.24, 2.45) is 0 Å². The van der Waals surface area contributed by atoms with Gasteiger partial charge in [-0.1, -0.05) is 58.0 Å². The summed E-state index contributed by atoms with van der Waals surface area (Å²) in [6.45, 7) is 8.77. The van der Waals surface area contributed by atoms with Gasteiger partial charge in [-0.25, -0.2) is 4.68 Å². The highest BCUT2D eigenvalue weighted by molar-refractivity contribution is 5.94. The predicted molar refractivity (Wildman–Crippen MR) is 139 cm³/mol. The largest absolute Gasteiger partial charge is 0.497 e. The summed E-state index contributed by atoms with van der Waals surface area (Å²) in [5.74, 6) is 1.04. The van der Waals surface area contributed by atoms with Crippen LogP contribution in [0.4, 0.5) is 5.82 Å². The van der Waals surface area contributed by atoms with Gasteiger partial charge in [0.1, 0.15) is 11.6 Å². The van der Waals surface area contributed by atoms with Gasteiger partial charge in [0.2, 0.25) is 11.8 Å². The molecule has 7 nitrogen and oxygen atoms in total. The smallest absolute Gasteiger partial charge is 0.245 e. The van der Waals surface area contributed by atoms with Crippen molar-refractivity contribution in [2.75, 3.05) is 25.5 Å². The molecule has 2 amide bonds. The van der Waals surface area contributed by atoms with E-state index >= 15 is 0 Å². The molecule has 1 heterocycles. The third-order valence-electron chi connectivity index (χ3n) is 5.71. The Hall–Kier alpha value is -3.61. The van der Waals surface area contributed by atoms with Gasteiger partial charge in [-0.15, -0.1) is 0 Å². The van der Waals surface area contributed by atoms with Gasteiger partial charge in [-0.2, -0.15) is 5.10 Å². The molecule has 0 atom stereocenters. The van der Waals surface area contributed by atoms with Crippen LogP contribution >= 0.6 is 0 Å². The molecule has 0 aliphatic carbocycles. The first-order valence-corrected chi connectivity index (χ1v) is 12.1. The van der Waals surface area contributed by atoms with Crippen LogP contribution in [0, 0.1) is 0 Å². The molecule has 1 aromatic heterocycles. The molecule has 3 aromatic rings. The molecule has 0 fully saturated rings. The van der Waals surface area contributed by atoms with Crippen molar-refractivity contribution in [3.8, 4) is 11.4 Å². The average Bonchev–Trinajstić information content (AvgIpc) is 3.27. The zero-order valence-electron chi connectivity index (χ0n) is 21.4. The van der Waals surface area contributed by atoms with Crippen molar-refractivity contribution in [3.05, 3.63) is 71.9 Å². The summed E-state index contributed by atoms with van der Waals surface area (Å²) in [7, 11) is 1.62. The third-order valence-corrected chi connectivity index (χ3v) is 5.71. The Bertz CT molecular complexity index is 1120. The van der Waals surface area contributed by atoms with Gasteiger partial charge in [-0.3, -0.25) is 9.59 Å². The van der Waals surface area contributed by atoms with E-state index in [0.29, 0.717) is 25.2 Å². The standard InChI is InChI=1S/C28H36N4O3/c1-6-18-31(27(34)17-12-21-10-8-7-9-11-21)20-26(33)29-25-19-24(28(2,3)4)30-32(25)22-13-15-23(35-5)16-14-22/h7-11,13-16,19H,6,12,17-18,20H2,1-5H3,(H,29,33). The number of nitrogens with zero attached hydrogens (tertiary/aromatic N) is 3. The molecular formula is C28H36N4O3. The monoisotopic (exact) mass is 476 g/mol. The number of aryl methyl sites for hydroxylation is 1. The van der Waals surface area contributed by atoms with E-state index in [0.717, 1.165) is 29.1 Å². The van der Waals surface area contributed by atoms with Crippen molar-refractivity contribution in [1.29, 1.82) is 0 Å². The molecule has 186 valence electrons. The van der Waals surface area contributed by atoms with Crippen LogP contribution in [-0.2, 0) is 21.4 Å². The quantitative estimate of drug-likeness (QED) is 0.447. The molecule has 0 bridgehead atoms. The molecule has 0 spiro atoms. The molecule has 0 saturated heterocycles. The number of nitrogens with one attached hydrogen (secondary N) is 1. The van der Waals surface area contributed by atoms with Gasteiger partial charge in [0, 0.05) is 24.4 Å². The number of rotatable bonds is 10. The van der Waals surface area contributed by atoms with E-state index < -0.39 is 0 Å². The Morgan fingerprint density at radius 2 is 1.74 bits per heavy atom. The van der Waals surface area contributed by atoms with Gasteiger partial charge in [0.05, 0.1) is 25.0 Å². The summed E-state index contributed by atoms with van der Waals surface area (Å²) in [6, 6.07) is 19.3. The molecule has 0 unspecified atom stereocenters. The van der Waals surface area contributed by atoms with Crippen LogP contribution in [0.5, 0.6) is 5.75 Å². The van der Waals surface area contributed by atoms with Crippen molar-refractivity contribution in [3.63, 3.8) is 0 Å². The number of hydrogen-bond donors (Lipinski definition) is 1. The first-order chi connectivity index (χ1) is 16.7. The second-order valence-corrected chi connectivity index (χ2v) is 9.62. The Kier molecular flexibility index (Phi) is 8.68. The summed E-state index contributed by atoms with van der Waals surface area (Å²) in [5.41, 5.74) is 2.58. The van der Waals surface area contributed by atoms with Crippen molar-refractivity contribution < 1.29 is 14.3 Å². The van der Waals surface area contributed by atoms with E-state index in [9.17, 15) is 9.59 Å². The summed E-state index contributed by atoms with van der Waals surface area (Å²) in [5, 5.41) is 7.74. The maximum absolute atomic E-state index is 13.1. The minimum atomic E-state index is -0.248. The molecule has 2 aromatic carbocycles. The second-order valence-electron chi connectivity index (χ2n) is 9.62. The highest BCUT2D eigenvalue weighted by Crippen LogP contribution is 2.27. The third kappa shape index (κ3) is 7.18. The van der Waals surface area contributed by atoms with Crippen LogP contribution in [0.2, 0.25) is 0 Å². The molecule has 0 aliphatic heterocycles. The number of carbonyl (C=O) groups excluding carboxylic acids is 2. The fourth-order valence-electron chi connectivity index (χ4n) is 3.73. The minimum Gasteiger partial charge on any atom is -0.497 e. The van der Waals surface area contributed by atoms with E-state index in [1.54, 1.807) is 16.7 Å². The lowest BCUT2D eigenvalue weighted by Crippen LogP contribution is -2.38. The number of ether oxygens (including phenoxy) is 1. The summed E-state index contributed by atoms with van der Waals surface area (Å²) in [4.78, 5) is 27.6. The zero-order chi connectivity index (χ0) is 25.4. The Balaban J connectivity index is 1.75. The fourth-order valence-corrected chi connectivity index (χ4v) is 3.73. The molecule has 1 N–H and O–H groups in total. The molecule has 35 heavy (non-hydrogen) atoms. The molecule has 0 aliphatic rings. The first kappa shape index (κ1) is 26.0. The van der Waals surface area contributed by atoms with E-state index in [4.69, 9.17) is 9.84 Å². The molecular weight excluding hydrogens is 440 g/mol. The van der Waals surface area contributed by atoms with Gasteiger partial charge in [-0.05, 0) is 42.7 Å². The number of amides is 2. The molecule has 7 heteroatoms. The van der Waals surface area contributed by atoms with Crippen molar-refractivity contribution >= 4 is 17.6 Å². The van der Waals surface area contributed by atoms with Gasteiger partial charge < -0.3 is 15.0 Å². The lowest BCUT2D eigenvalue weighted by atomic mass is 9.92. The van der Waals surface area contributed by atoms with Crippen LogP contribution in [0.3, 0.4) is 0 Å². The molecule has 3 rings (SSSR count). The first-order valence-electron chi connectivity index (χ1n) is 12.1. The zero-order valence-corrected chi connectivity index (χ0v) is 21.4. The number of anilines is 1. The summed E-state index contributed by atoms with van der Waals surface area (Å²) < 4.78 is 6.98. The summed E-state index contributed by atoms with van der Waals surface area (Å²) in [6.07, 6.45) is 1.80. The highest BCUT2D eigenvalue weighted by atomic mass is 16.5. The lowest BCUT2D eigenvalue weighted by Gasteiger charge is -2.22. The Morgan fingerprint density at radius 1 is 1.06 bits per heavy atom. The van der Waals surface area contributed by atoms with Crippen LogP contribution in [0.1, 0.15) is 51.8 Å². The Morgan fingerprint density at radius 3 is 2.34 bits per heavy atom. The number of benzene rings is 2. The lowest BCUT2D eigenvalue weighted by molar-refractivity contribution is -0.134. The number of aromatic nitrogens is 2. The maximum Gasteiger partial charge on any atom is 0.245 e. The van der Waals surface area contributed by atoms with Crippen LogP contribution in [0.25, 0.3) is 5.69 Å². The normalized spacial score (nSPS) is 11.2. The predicted octanol–water partition coefficient (Wildman–Crippen LogP) is 4.99. The number of hydrogen-bond acceptors (Lipinski definition) is 4. The fraction of sp³-hybridized carbons (Fsp3) is 0.393. The minimum absolute atomic E-state index is 0.000106.